The molecule has 1 aromatic heterocycles. The zero-order valence-electron chi connectivity index (χ0n) is 14.3. The van der Waals surface area contributed by atoms with Crippen LogP contribution < -0.4 is 5.32 Å². The summed E-state index contributed by atoms with van der Waals surface area (Å²) >= 11 is 0. The number of nitrogens with one attached hydrogen (secondary N) is 1. The lowest BCUT2D eigenvalue weighted by Crippen LogP contribution is -2.37. The smallest absolute Gasteiger partial charge is 0.371 e. The van der Waals surface area contributed by atoms with E-state index < -0.39 is 12.8 Å². The molecular formula is C15H23F3N4O2. The Morgan fingerprint density at radius 1 is 1.33 bits per heavy atom. The van der Waals surface area contributed by atoms with Gasteiger partial charge < -0.3 is 15.0 Å². The standard InChI is InChI=1S/C15H23F3N4O2/c1-9-13(10(2)22(4)20-9)14-11(7-12(23)21(14)3)19-5-6-24-8-15(16,17)18/h11,14,19H,5-8H2,1-4H3/t11-,14-/m1/s1. The second-order valence-electron chi connectivity index (χ2n) is 6.09. The molecule has 0 spiro atoms. The summed E-state index contributed by atoms with van der Waals surface area (Å²) in [6, 6.07) is -0.368. The number of likely N-dealkylation sites (tertiary alicyclic amines) is 1. The fourth-order valence-electron chi connectivity index (χ4n) is 3.17. The molecule has 1 aliphatic heterocycles. The average Bonchev–Trinajstić information content (AvgIpc) is 2.86. The lowest BCUT2D eigenvalue weighted by molar-refractivity contribution is -0.173. The number of aromatic nitrogens is 2. The van der Waals surface area contributed by atoms with Crippen molar-refractivity contribution in [1.29, 1.82) is 0 Å². The third-order valence-corrected chi connectivity index (χ3v) is 4.37. The Bertz CT molecular complexity index is 600. The van der Waals surface area contributed by atoms with E-state index in [0.29, 0.717) is 6.42 Å². The van der Waals surface area contributed by atoms with Gasteiger partial charge in [-0.1, -0.05) is 0 Å². The third kappa shape index (κ3) is 4.07. The number of ether oxygens (including phenoxy) is 1. The number of carbonyl (C=O) groups is 1. The molecule has 1 saturated heterocycles. The van der Waals surface area contributed by atoms with Gasteiger partial charge in [0.05, 0.1) is 18.3 Å². The van der Waals surface area contributed by atoms with Gasteiger partial charge in [0.2, 0.25) is 5.91 Å². The topological polar surface area (TPSA) is 59.4 Å². The molecule has 0 saturated carbocycles. The maximum atomic E-state index is 12.1. The molecular weight excluding hydrogens is 325 g/mol. The van der Waals surface area contributed by atoms with Crippen molar-refractivity contribution in [2.75, 3.05) is 26.8 Å². The minimum Gasteiger partial charge on any atom is -0.371 e. The first-order valence-electron chi connectivity index (χ1n) is 7.75. The number of nitrogens with zero attached hydrogens (tertiary/aromatic N) is 3. The zero-order chi connectivity index (χ0) is 18.1. The first kappa shape index (κ1) is 18.7. The highest BCUT2D eigenvalue weighted by molar-refractivity contribution is 5.80. The lowest BCUT2D eigenvalue weighted by atomic mass is 9.98. The third-order valence-electron chi connectivity index (χ3n) is 4.37. The van der Waals surface area contributed by atoms with Gasteiger partial charge in [-0.15, -0.1) is 0 Å². The Balaban J connectivity index is 2.02. The van der Waals surface area contributed by atoms with E-state index in [9.17, 15) is 18.0 Å². The van der Waals surface area contributed by atoms with Crippen LogP contribution in [0.5, 0.6) is 0 Å². The van der Waals surface area contributed by atoms with Crippen LogP contribution in [-0.4, -0.2) is 59.6 Å². The Hall–Kier alpha value is -1.61. The highest BCUT2D eigenvalue weighted by Crippen LogP contribution is 2.35. The average molecular weight is 348 g/mol. The Kier molecular flexibility index (Phi) is 5.54. The van der Waals surface area contributed by atoms with Gasteiger partial charge in [-0.25, -0.2) is 0 Å². The lowest BCUT2D eigenvalue weighted by Gasteiger charge is -2.26. The molecule has 0 bridgehead atoms. The Morgan fingerprint density at radius 3 is 2.54 bits per heavy atom. The quantitative estimate of drug-likeness (QED) is 0.791. The SMILES string of the molecule is Cc1nn(C)c(C)c1[C@H]1[C@H](NCCOCC(F)(F)F)CC(=O)N1C. The fourth-order valence-corrected chi connectivity index (χ4v) is 3.17. The van der Waals surface area contributed by atoms with Gasteiger partial charge in [0.25, 0.3) is 0 Å². The summed E-state index contributed by atoms with van der Waals surface area (Å²) in [6.45, 7) is 2.75. The van der Waals surface area contributed by atoms with Crippen LogP contribution in [0.1, 0.15) is 29.4 Å². The number of halogens is 3. The predicted octanol–water partition coefficient (Wildman–Crippen LogP) is 1.48. The molecule has 1 fully saturated rings. The maximum Gasteiger partial charge on any atom is 0.411 e. The first-order chi connectivity index (χ1) is 11.1. The van der Waals surface area contributed by atoms with E-state index in [2.05, 4.69) is 15.2 Å². The molecule has 136 valence electrons. The van der Waals surface area contributed by atoms with Gasteiger partial charge >= 0.3 is 6.18 Å². The van der Waals surface area contributed by atoms with Crippen molar-refractivity contribution in [3.05, 3.63) is 17.0 Å². The summed E-state index contributed by atoms with van der Waals surface area (Å²) in [4.78, 5) is 13.8. The highest BCUT2D eigenvalue weighted by atomic mass is 19.4. The normalized spacial score (nSPS) is 21.8. The number of amides is 1. The number of hydrogen-bond donors (Lipinski definition) is 1. The summed E-state index contributed by atoms with van der Waals surface area (Å²) in [5, 5.41) is 7.54. The molecule has 1 aromatic rings. The van der Waals surface area contributed by atoms with Crippen LogP contribution >= 0.6 is 0 Å². The number of aryl methyl sites for hydroxylation is 2. The molecule has 24 heavy (non-hydrogen) atoms. The molecule has 2 heterocycles. The Labute approximate surface area is 138 Å². The largest absolute Gasteiger partial charge is 0.411 e. The molecule has 2 atom stereocenters. The molecule has 0 aromatic carbocycles. The number of likely N-dealkylation sites (N-methyl/N-ethyl adjacent to an activating group) is 1. The van der Waals surface area contributed by atoms with Gasteiger partial charge in [-0.3, -0.25) is 9.48 Å². The summed E-state index contributed by atoms with van der Waals surface area (Å²) in [6.07, 6.45) is -4.02. The van der Waals surface area contributed by atoms with Crippen molar-refractivity contribution < 1.29 is 22.7 Å². The van der Waals surface area contributed by atoms with Crippen molar-refractivity contribution in [3.8, 4) is 0 Å². The molecule has 9 heteroatoms. The summed E-state index contributed by atoms with van der Waals surface area (Å²) < 4.78 is 42.5. The molecule has 0 aliphatic carbocycles. The van der Waals surface area contributed by atoms with E-state index in [-0.39, 0.29) is 31.1 Å². The van der Waals surface area contributed by atoms with Crippen LogP contribution in [0, 0.1) is 13.8 Å². The van der Waals surface area contributed by atoms with Crippen LogP contribution in [0.4, 0.5) is 13.2 Å². The van der Waals surface area contributed by atoms with Crippen molar-refractivity contribution >= 4 is 5.91 Å². The number of rotatable bonds is 6. The van der Waals surface area contributed by atoms with Crippen molar-refractivity contribution in [3.63, 3.8) is 0 Å². The van der Waals surface area contributed by atoms with Gasteiger partial charge in [0.15, 0.2) is 0 Å². The van der Waals surface area contributed by atoms with Gasteiger partial charge in [-0.05, 0) is 13.8 Å². The van der Waals surface area contributed by atoms with Gasteiger partial charge in [0.1, 0.15) is 6.61 Å². The van der Waals surface area contributed by atoms with Crippen LogP contribution in [0.2, 0.25) is 0 Å². The predicted molar refractivity (Wildman–Crippen MR) is 81.5 cm³/mol. The van der Waals surface area contributed by atoms with Crippen molar-refractivity contribution in [2.45, 2.75) is 38.5 Å². The van der Waals surface area contributed by atoms with E-state index >= 15 is 0 Å². The molecule has 1 N–H and O–H groups in total. The summed E-state index contributed by atoms with van der Waals surface area (Å²) in [5.74, 6) is -0.00337. The number of hydrogen-bond acceptors (Lipinski definition) is 4. The van der Waals surface area contributed by atoms with E-state index in [1.165, 1.54) is 0 Å². The monoisotopic (exact) mass is 348 g/mol. The van der Waals surface area contributed by atoms with Crippen molar-refractivity contribution in [2.24, 2.45) is 7.05 Å². The molecule has 0 unspecified atom stereocenters. The van der Waals surface area contributed by atoms with Gasteiger partial charge in [0, 0.05) is 44.4 Å². The van der Waals surface area contributed by atoms with E-state index in [0.717, 1.165) is 17.0 Å². The first-order valence-corrected chi connectivity index (χ1v) is 7.75. The van der Waals surface area contributed by atoms with Crippen LogP contribution in [0.3, 0.4) is 0 Å². The maximum absolute atomic E-state index is 12.1. The number of carbonyl (C=O) groups excluding carboxylic acids is 1. The van der Waals surface area contributed by atoms with E-state index in [4.69, 9.17) is 0 Å². The summed E-state index contributed by atoms with van der Waals surface area (Å²) in [7, 11) is 3.58. The molecule has 0 radical (unpaired) electrons. The second-order valence-corrected chi connectivity index (χ2v) is 6.09. The van der Waals surface area contributed by atoms with Crippen molar-refractivity contribution in [1.82, 2.24) is 20.0 Å². The van der Waals surface area contributed by atoms with E-state index in [1.807, 2.05) is 20.9 Å². The summed E-state index contributed by atoms with van der Waals surface area (Å²) in [5.41, 5.74) is 2.81. The molecule has 1 amide bonds. The fraction of sp³-hybridized carbons (Fsp3) is 0.733. The second kappa shape index (κ2) is 7.10. The minimum absolute atomic E-state index is 0.00337. The molecule has 1 aliphatic rings. The van der Waals surface area contributed by atoms with Crippen LogP contribution in [0.25, 0.3) is 0 Å². The molecule has 6 nitrogen and oxygen atoms in total. The molecule has 2 rings (SSSR count). The Morgan fingerprint density at radius 2 is 2.00 bits per heavy atom. The van der Waals surface area contributed by atoms with Crippen LogP contribution in [-0.2, 0) is 16.6 Å². The van der Waals surface area contributed by atoms with E-state index in [1.54, 1.807) is 16.6 Å². The zero-order valence-corrected chi connectivity index (χ0v) is 14.3. The highest BCUT2D eigenvalue weighted by Gasteiger charge is 2.40. The van der Waals surface area contributed by atoms with Gasteiger partial charge in [-0.2, -0.15) is 18.3 Å². The minimum atomic E-state index is -4.32. The van der Waals surface area contributed by atoms with Crippen LogP contribution in [0.15, 0.2) is 0 Å². The number of alkyl halides is 3.